The summed E-state index contributed by atoms with van der Waals surface area (Å²) < 4.78 is 2.11. The minimum atomic E-state index is -0.773. The van der Waals surface area contributed by atoms with Crippen molar-refractivity contribution in [3.8, 4) is 0 Å². The van der Waals surface area contributed by atoms with Gasteiger partial charge in [0.25, 0.3) is 0 Å². The third kappa shape index (κ3) is 4.35. The van der Waals surface area contributed by atoms with Crippen molar-refractivity contribution < 1.29 is 9.90 Å². The number of hydrogen-bond donors (Lipinski definition) is 2. The Bertz CT molecular complexity index is 695. The van der Waals surface area contributed by atoms with Gasteiger partial charge in [-0.05, 0) is 42.4 Å². The molecule has 0 radical (unpaired) electrons. The van der Waals surface area contributed by atoms with Crippen molar-refractivity contribution in [3.05, 3.63) is 35.5 Å². The minimum absolute atomic E-state index is 0.145. The van der Waals surface area contributed by atoms with Crippen LogP contribution in [0.15, 0.2) is 24.4 Å². The van der Waals surface area contributed by atoms with Gasteiger partial charge < -0.3 is 15.0 Å². The van der Waals surface area contributed by atoms with Gasteiger partial charge in [-0.3, -0.25) is 4.79 Å². The summed E-state index contributed by atoms with van der Waals surface area (Å²) in [5.74, 6) is -0.773. The molecule has 23 heavy (non-hydrogen) atoms. The second kappa shape index (κ2) is 6.75. The SMILES string of the molecule is Cc1ccc(CNC(CCC(C)(C)C)C(=O)O)c2ccn(C)c12. The Morgan fingerprint density at radius 2 is 2.00 bits per heavy atom. The first-order valence-electron chi connectivity index (χ1n) is 8.19. The summed E-state index contributed by atoms with van der Waals surface area (Å²) in [4.78, 5) is 11.5. The fourth-order valence-corrected chi connectivity index (χ4v) is 2.95. The summed E-state index contributed by atoms with van der Waals surface area (Å²) in [6.07, 6.45) is 3.57. The molecule has 0 fully saturated rings. The number of hydrogen-bond acceptors (Lipinski definition) is 2. The first kappa shape index (κ1) is 17.5. The van der Waals surface area contributed by atoms with E-state index in [-0.39, 0.29) is 5.41 Å². The number of rotatable bonds is 6. The molecular formula is C19H28N2O2. The second-order valence-corrected chi connectivity index (χ2v) is 7.60. The van der Waals surface area contributed by atoms with Gasteiger partial charge in [0.2, 0.25) is 0 Å². The van der Waals surface area contributed by atoms with Gasteiger partial charge in [-0.25, -0.2) is 0 Å². The lowest BCUT2D eigenvalue weighted by atomic mass is 9.88. The van der Waals surface area contributed by atoms with E-state index in [1.54, 1.807) is 0 Å². The van der Waals surface area contributed by atoms with E-state index in [0.29, 0.717) is 13.0 Å². The number of aliphatic carboxylic acids is 1. The van der Waals surface area contributed by atoms with Crippen molar-refractivity contribution in [2.45, 2.75) is 53.1 Å². The lowest BCUT2D eigenvalue weighted by Crippen LogP contribution is -2.37. The maximum atomic E-state index is 11.5. The quantitative estimate of drug-likeness (QED) is 0.851. The van der Waals surface area contributed by atoms with Crippen molar-refractivity contribution in [1.29, 1.82) is 0 Å². The molecule has 4 nitrogen and oxygen atoms in total. The zero-order chi connectivity index (χ0) is 17.2. The average Bonchev–Trinajstić information content (AvgIpc) is 2.82. The third-order valence-electron chi connectivity index (χ3n) is 4.35. The van der Waals surface area contributed by atoms with Crippen LogP contribution in [0.1, 0.15) is 44.7 Å². The van der Waals surface area contributed by atoms with E-state index in [1.807, 2.05) is 7.05 Å². The Labute approximate surface area is 138 Å². The van der Waals surface area contributed by atoms with Gasteiger partial charge in [-0.2, -0.15) is 0 Å². The summed E-state index contributed by atoms with van der Waals surface area (Å²) in [5.41, 5.74) is 3.74. The van der Waals surface area contributed by atoms with Crippen LogP contribution >= 0.6 is 0 Å². The van der Waals surface area contributed by atoms with Crippen molar-refractivity contribution in [3.63, 3.8) is 0 Å². The van der Waals surface area contributed by atoms with Gasteiger partial charge in [0.05, 0.1) is 5.52 Å². The molecule has 0 saturated heterocycles. The highest BCUT2D eigenvalue weighted by Crippen LogP contribution is 2.24. The standard InChI is InChI=1S/C19H28N2O2/c1-13-6-7-14(15-9-11-21(5)17(13)15)12-20-16(18(22)23)8-10-19(2,3)4/h6-7,9,11,16,20H,8,10,12H2,1-5H3,(H,22,23). The maximum absolute atomic E-state index is 11.5. The van der Waals surface area contributed by atoms with Crippen LogP contribution in [0.4, 0.5) is 0 Å². The van der Waals surface area contributed by atoms with Crippen molar-refractivity contribution in [1.82, 2.24) is 9.88 Å². The van der Waals surface area contributed by atoms with Crippen molar-refractivity contribution >= 4 is 16.9 Å². The number of carboxylic acids is 1. The first-order valence-corrected chi connectivity index (χ1v) is 8.19. The molecule has 2 aromatic rings. The third-order valence-corrected chi connectivity index (χ3v) is 4.35. The molecule has 4 heteroatoms. The molecule has 0 aliphatic carbocycles. The first-order chi connectivity index (χ1) is 10.7. The van der Waals surface area contributed by atoms with Crippen LogP contribution in [-0.4, -0.2) is 21.7 Å². The molecule has 1 atom stereocenters. The van der Waals surface area contributed by atoms with E-state index in [2.05, 4.69) is 62.0 Å². The summed E-state index contributed by atoms with van der Waals surface area (Å²) in [6, 6.07) is 5.79. The molecule has 126 valence electrons. The number of nitrogens with one attached hydrogen (secondary N) is 1. The van der Waals surface area contributed by atoms with Crippen LogP contribution in [0.5, 0.6) is 0 Å². The van der Waals surface area contributed by atoms with Crippen LogP contribution < -0.4 is 5.32 Å². The molecule has 1 unspecified atom stereocenters. The van der Waals surface area contributed by atoms with E-state index in [0.717, 1.165) is 12.0 Å². The Hall–Kier alpha value is -1.81. The number of carboxylic acid groups (broad SMARTS) is 1. The number of nitrogens with zero attached hydrogens (tertiary/aromatic N) is 1. The smallest absolute Gasteiger partial charge is 0.320 e. The highest BCUT2D eigenvalue weighted by Gasteiger charge is 2.20. The monoisotopic (exact) mass is 316 g/mol. The Balaban J connectivity index is 2.12. The number of carbonyl (C=O) groups is 1. The lowest BCUT2D eigenvalue weighted by molar-refractivity contribution is -0.139. The van der Waals surface area contributed by atoms with Crippen LogP contribution in [0.2, 0.25) is 0 Å². The Morgan fingerprint density at radius 3 is 2.61 bits per heavy atom. The molecule has 2 rings (SSSR count). The molecule has 0 amide bonds. The maximum Gasteiger partial charge on any atom is 0.320 e. The van der Waals surface area contributed by atoms with Gasteiger partial charge in [-0.1, -0.05) is 32.9 Å². The molecular weight excluding hydrogens is 288 g/mol. The van der Waals surface area contributed by atoms with Crippen LogP contribution in [-0.2, 0) is 18.4 Å². The fourth-order valence-electron chi connectivity index (χ4n) is 2.95. The summed E-state index contributed by atoms with van der Waals surface area (Å²) >= 11 is 0. The van der Waals surface area contributed by atoms with Gasteiger partial charge >= 0.3 is 5.97 Å². The van der Waals surface area contributed by atoms with E-state index in [4.69, 9.17) is 0 Å². The van der Waals surface area contributed by atoms with Crippen molar-refractivity contribution in [2.24, 2.45) is 12.5 Å². The lowest BCUT2D eigenvalue weighted by Gasteiger charge is -2.22. The van der Waals surface area contributed by atoms with Crippen molar-refractivity contribution in [2.75, 3.05) is 0 Å². The average molecular weight is 316 g/mol. The molecule has 0 aliphatic heterocycles. The highest BCUT2D eigenvalue weighted by molar-refractivity contribution is 5.86. The number of benzene rings is 1. The molecule has 1 aromatic heterocycles. The van der Waals surface area contributed by atoms with E-state index < -0.39 is 12.0 Å². The molecule has 0 bridgehead atoms. The molecule has 1 heterocycles. The van der Waals surface area contributed by atoms with Gasteiger partial charge in [-0.15, -0.1) is 0 Å². The van der Waals surface area contributed by atoms with E-state index in [1.165, 1.54) is 16.5 Å². The van der Waals surface area contributed by atoms with Gasteiger partial charge in [0.15, 0.2) is 0 Å². The second-order valence-electron chi connectivity index (χ2n) is 7.60. The van der Waals surface area contributed by atoms with Crippen LogP contribution in [0.3, 0.4) is 0 Å². The van der Waals surface area contributed by atoms with Crippen LogP contribution in [0, 0.1) is 12.3 Å². The summed E-state index contributed by atoms with van der Waals surface area (Å²) in [7, 11) is 2.04. The van der Waals surface area contributed by atoms with Gasteiger partial charge in [0.1, 0.15) is 6.04 Å². The highest BCUT2D eigenvalue weighted by atomic mass is 16.4. The zero-order valence-electron chi connectivity index (χ0n) is 14.8. The molecule has 0 aliphatic rings. The van der Waals surface area contributed by atoms with E-state index in [9.17, 15) is 9.90 Å². The molecule has 0 saturated carbocycles. The normalized spacial score (nSPS) is 13.4. The van der Waals surface area contributed by atoms with E-state index >= 15 is 0 Å². The molecule has 0 spiro atoms. The Morgan fingerprint density at radius 1 is 1.30 bits per heavy atom. The summed E-state index contributed by atoms with van der Waals surface area (Å²) in [6.45, 7) is 9.09. The Kier molecular flexibility index (Phi) is 5.15. The predicted octanol–water partition coefficient (Wildman–Crippen LogP) is 3.86. The number of fused-ring (bicyclic) bond motifs is 1. The fraction of sp³-hybridized carbons (Fsp3) is 0.526. The van der Waals surface area contributed by atoms with Crippen LogP contribution in [0.25, 0.3) is 10.9 Å². The molecule has 2 N–H and O–H groups in total. The summed E-state index contributed by atoms with van der Waals surface area (Å²) in [5, 5.41) is 13.9. The van der Waals surface area contributed by atoms with Gasteiger partial charge in [0, 0.05) is 25.2 Å². The molecule has 1 aromatic carbocycles. The number of aromatic nitrogens is 1. The minimum Gasteiger partial charge on any atom is -0.480 e. The largest absolute Gasteiger partial charge is 0.480 e. The topological polar surface area (TPSA) is 54.3 Å². The number of aryl methyl sites for hydroxylation is 2. The zero-order valence-corrected chi connectivity index (χ0v) is 14.8. The predicted molar refractivity (Wildman–Crippen MR) is 94.6 cm³/mol.